The molecule has 114 valence electrons. The van der Waals surface area contributed by atoms with Crippen molar-refractivity contribution in [1.29, 1.82) is 0 Å². The molecule has 0 N–H and O–H groups in total. The SMILES string of the molecule is CCCCCCCCCCCCSc1cccc(F)c1. The maximum Gasteiger partial charge on any atom is 0.124 e. The van der Waals surface area contributed by atoms with Crippen molar-refractivity contribution in [2.75, 3.05) is 5.75 Å². The second-order valence-electron chi connectivity index (χ2n) is 5.49. The summed E-state index contributed by atoms with van der Waals surface area (Å²) < 4.78 is 13.0. The van der Waals surface area contributed by atoms with E-state index in [0.29, 0.717) is 0 Å². The van der Waals surface area contributed by atoms with Crippen molar-refractivity contribution in [3.05, 3.63) is 30.1 Å². The molecule has 1 aromatic rings. The summed E-state index contributed by atoms with van der Waals surface area (Å²) in [7, 11) is 0. The van der Waals surface area contributed by atoms with Gasteiger partial charge in [-0.2, -0.15) is 0 Å². The molecular formula is C18H29FS. The second kappa shape index (κ2) is 12.3. The van der Waals surface area contributed by atoms with E-state index in [4.69, 9.17) is 0 Å². The van der Waals surface area contributed by atoms with Crippen molar-refractivity contribution in [1.82, 2.24) is 0 Å². The van der Waals surface area contributed by atoms with Gasteiger partial charge in [0.2, 0.25) is 0 Å². The van der Waals surface area contributed by atoms with Gasteiger partial charge in [0, 0.05) is 4.90 Å². The van der Waals surface area contributed by atoms with Crippen LogP contribution in [-0.4, -0.2) is 5.75 Å². The van der Waals surface area contributed by atoms with E-state index in [0.717, 1.165) is 10.6 Å². The molecule has 20 heavy (non-hydrogen) atoms. The molecule has 0 radical (unpaired) electrons. The molecule has 0 bridgehead atoms. The number of hydrogen-bond donors (Lipinski definition) is 0. The Bertz CT molecular complexity index is 338. The summed E-state index contributed by atoms with van der Waals surface area (Å²) in [6.07, 6.45) is 13.7. The first-order valence-electron chi connectivity index (χ1n) is 8.21. The van der Waals surface area contributed by atoms with Crippen LogP contribution in [0.3, 0.4) is 0 Å². The minimum Gasteiger partial charge on any atom is -0.207 e. The van der Waals surface area contributed by atoms with E-state index in [-0.39, 0.29) is 5.82 Å². The van der Waals surface area contributed by atoms with Gasteiger partial charge in [0.15, 0.2) is 0 Å². The molecule has 0 spiro atoms. The van der Waals surface area contributed by atoms with Crippen molar-refractivity contribution in [2.45, 2.75) is 76.0 Å². The molecule has 0 fully saturated rings. The lowest BCUT2D eigenvalue weighted by molar-refractivity contribution is 0.563. The highest BCUT2D eigenvalue weighted by Gasteiger charge is 1.97. The Morgan fingerprint density at radius 1 is 0.850 bits per heavy atom. The van der Waals surface area contributed by atoms with Crippen LogP contribution in [-0.2, 0) is 0 Å². The zero-order valence-electron chi connectivity index (χ0n) is 12.9. The molecule has 0 aliphatic carbocycles. The number of rotatable bonds is 12. The molecule has 1 rings (SSSR count). The van der Waals surface area contributed by atoms with Crippen molar-refractivity contribution in [3.63, 3.8) is 0 Å². The molecule has 0 saturated carbocycles. The van der Waals surface area contributed by atoms with E-state index in [1.54, 1.807) is 23.9 Å². The van der Waals surface area contributed by atoms with E-state index in [1.165, 1.54) is 70.3 Å². The van der Waals surface area contributed by atoms with Crippen LogP contribution < -0.4 is 0 Å². The number of halogens is 1. The van der Waals surface area contributed by atoms with Gasteiger partial charge in [0.1, 0.15) is 5.82 Å². The first-order chi connectivity index (χ1) is 9.83. The van der Waals surface area contributed by atoms with Gasteiger partial charge in [-0.3, -0.25) is 0 Å². The highest BCUT2D eigenvalue weighted by molar-refractivity contribution is 7.99. The lowest BCUT2D eigenvalue weighted by Gasteiger charge is -2.03. The normalized spacial score (nSPS) is 10.9. The standard InChI is InChI=1S/C18H29FS/c1-2-3-4-5-6-7-8-9-10-11-15-20-18-14-12-13-17(19)16-18/h12-14,16H,2-11,15H2,1H3. The Balaban J connectivity index is 1.85. The van der Waals surface area contributed by atoms with Crippen LogP contribution in [0.15, 0.2) is 29.2 Å². The smallest absolute Gasteiger partial charge is 0.124 e. The van der Waals surface area contributed by atoms with E-state index in [2.05, 4.69) is 6.92 Å². The fourth-order valence-electron chi connectivity index (χ4n) is 2.34. The molecule has 0 aromatic heterocycles. The van der Waals surface area contributed by atoms with Crippen LogP contribution in [0.1, 0.15) is 71.1 Å². The van der Waals surface area contributed by atoms with E-state index < -0.39 is 0 Å². The van der Waals surface area contributed by atoms with Crippen LogP contribution in [0.25, 0.3) is 0 Å². The fourth-order valence-corrected chi connectivity index (χ4v) is 3.29. The first-order valence-corrected chi connectivity index (χ1v) is 9.20. The Kier molecular flexibility index (Phi) is 10.8. The molecule has 0 aliphatic heterocycles. The van der Waals surface area contributed by atoms with Crippen molar-refractivity contribution in [3.8, 4) is 0 Å². The Morgan fingerprint density at radius 3 is 2.05 bits per heavy atom. The fraction of sp³-hybridized carbons (Fsp3) is 0.667. The van der Waals surface area contributed by atoms with Crippen LogP contribution in [0.4, 0.5) is 4.39 Å². The number of unbranched alkanes of at least 4 members (excludes halogenated alkanes) is 9. The van der Waals surface area contributed by atoms with Gasteiger partial charge in [0.25, 0.3) is 0 Å². The molecule has 0 nitrogen and oxygen atoms in total. The van der Waals surface area contributed by atoms with Gasteiger partial charge in [-0.25, -0.2) is 4.39 Å². The molecule has 0 amide bonds. The van der Waals surface area contributed by atoms with Gasteiger partial charge >= 0.3 is 0 Å². The van der Waals surface area contributed by atoms with Gasteiger partial charge in [0.05, 0.1) is 0 Å². The molecule has 0 atom stereocenters. The molecule has 1 aromatic carbocycles. The number of thioether (sulfide) groups is 1. The highest BCUT2D eigenvalue weighted by Crippen LogP contribution is 2.20. The van der Waals surface area contributed by atoms with Gasteiger partial charge in [-0.1, -0.05) is 70.8 Å². The van der Waals surface area contributed by atoms with Gasteiger partial charge in [-0.15, -0.1) is 11.8 Å². The summed E-state index contributed by atoms with van der Waals surface area (Å²) in [6, 6.07) is 6.91. The Labute approximate surface area is 128 Å². The second-order valence-corrected chi connectivity index (χ2v) is 6.66. The van der Waals surface area contributed by atoms with Crippen molar-refractivity contribution < 1.29 is 4.39 Å². The quantitative estimate of drug-likeness (QED) is 0.300. The number of hydrogen-bond acceptors (Lipinski definition) is 1. The summed E-state index contributed by atoms with van der Waals surface area (Å²) in [5, 5.41) is 0. The van der Waals surface area contributed by atoms with Crippen LogP contribution in [0.2, 0.25) is 0 Å². The highest BCUT2D eigenvalue weighted by atomic mass is 32.2. The summed E-state index contributed by atoms with van der Waals surface area (Å²) in [4.78, 5) is 1.06. The number of benzene rings is 1. The monoisotopic (exact) mass is 296 g/mol. The summed E-state index contributed by atoms with van der Waals surface area (Å²) in [5.74, 6) is 0.984. The van der Waals surface area contributed by atoms with Crippen LogP contribution >= 0.6 is 11.8 Å². The molecule has 0 aliphatic rings. The third-order valence-corrected chi connectivity index (χ3v) is 4.64. The third-order valence-electron chi connectivity index (χ3n) is 3.56. The molecule has 0 unspecified atom stereocenters. The molecule has 2 heteroatoms. The van der Waals surface area contributed by atoms with Crippen LogP contribution in [0.5, 0.6) is 0 Å². The maximum atomic E-state index is 13.0. The summed E-state index contributed by atoms with van der Waals surface area (Å²) in [6.45, 7) is 2.27. The Hall–Kier alpha value is -0.500. The molecule has 0 saturated heterocycles. The predicted molar refractivity (Wildman–Crippen MR) is 89.0 cm³/mol. The molecule has 0 heterocycles. The minimum atomic E-state index is -0.127. The summed E-state index contributed by atoms with van der Waals surface area (Å²) in [5.41, 5.74) is 0. The average molecular weight is 296 g/mol. The van der Waals surface area contributed by atoms with Crippen molar-refractivity contribution in [2.24, 2.45) is 0 Å². The largest absolute Gasteiger partial charge is 0.207 e. The van der Waals surface area contributed by atoms with Gasteiger partial charge in [-0.05, 0) is 30.4 Å². The average Bonchev–Trinajstić information content (AvgIpc) is 2.45. The lowest BCUT2D eigenvalue weighted by Crippen LogP contribution is -1.84. The van der Waals surface area contributed by atoms with Gasteiger partial charge < -0.3 is 0 Å². The minimum absolute atomic E-state index is 0.127. The first kappa shape index (κ1) is 17.6. The third kappa shape index (κ3) is 9.41. The molecular weight excluding hydrogens is 267 g/mol. The lowest BCUT2D eigenvalue weighted by atomic mass is 10.1. The van der Waals surface area contributed by atoms with E-state index in [1.807, 2.05) is 6.07 Å². The summed E-state index contributed by atoms with van der Waals surface area (Å²) >= 11 is 1.77. The van der Waals surface area contributed by atoms with E-state index in [9.17, 15) is 4.39 Å². The maximum absolute atomic E-state index is 13.0. The van der Waals surface area contributed by atoms with Crippen molar-refractivity contribution >= 4 is 11.8 Å². The topological polar surface area (TPSA) is 0 Å². The Morgan fingerprint density at radius 2 is 1.45 bits per heavy atom. The zero-order chi connectivity index (χ0) is 14.5. The van der Waals surface area contributed by atoms with Crippen LogP contribution in [0, 0.1) is 5.82 Å². The van der Waals surface area contributed by atoms with E-state index >= 15 is 0 Å². The zero-order valence-corrected chi connectivity index (χ0v) is 13.7. The predicted octanol–water partition coefficient (Wildman–Crippen LogP) is 6.84.